The van der Waals surface area contributed by atoms with E-state index in [1.807, 2.05) is 35.8 Å². The molecule has 0 spiro atoms. The summed E-state index contributed by atoms with van der Waals surface area (Å²) in [5.41, 5.74) is 3.39. The number of nitrogens with zero attached hydrogens (tertiary/aromatic N) is 3. The lowest BCUT2D eigenvalue weighted by atomic mass is 10.1. The Morgan fingerprint density at radius 1 is 1.20 bits per heavy atom. The SMILES string of the molecule is Cc1nc2ccc(F)cc2n1-c1ccc(CC#N)cc1. The van der Waals surface area contributed by atoms with Crippen LogP contribution in [0.5, 0.6) is 0 Å². The number of fused-ring (bicyclic) bond motifs is 1. The molecule has 3 rings (SSSR count). The van der Waals surface area contributed by atoms with Crippen LogP contribution in [-0.2, 0) is 6.42 Å². The van der Waals surface area contributed by atoms with E-state index >= 15 is 0 Å². The monoisotopic (exact) mass is 265 g/mol. The summed E-state index contributed by atoms with van der Waals surface area (Å²) in [5.74, 6) is 0.526. The van der Waals surface area contributed by atoms with Crippen molar-refractivity contribution in [3.05, 3.63) is 59.7 Å². The molecule has 20 heavy (non-hydrogen) atoms. The van der Waals surface area contributed by atoms with Crippen molar-refractivity contribution in [3.63, 3.8) is 0 Å². The van der Waals surface area contributed by atoms with Crippen molar-refractivity contribution < 1.29 is 4.39 Å². The molecule has 0 unspecified atom stereocenters. The van der Waals surface area contributed by atoms with E-state index in [4.69, 9.17) is 5.26 Å². The molecular weight excluding hydrogens is 253 g/mol. The highest BCUT2D eigenvalue weighted by Gasteiger charge is 2.10. The van der Waals surface area contributed by atoms with Gasteiger partial charge in [0.25, 0.3) is 0 Å². The minimum Gasteiger partial charge on any atom is -0.296 e. The van der Waals surface area contributed by atoms with E-state index in [9.17, 15) is 4.39 Å². The first-order valence-electron chi connectivity index (χ1n) is 6.30. The number of rotatable bonds is 2. The van der Waals surface area contributed by atoms with Gasteiger partial charge in [-0.25, -0.2) is 9.37 Å². The maximum absolute atomic E-state index is 13.4. The smallest absolute Gasteiger partial charge is 0.125 e. The van der Waals surface area contributed by atoms with E-state index in [1.165, 1.54) is 12.1 Å². The fraction of sp³-hybridized carbons (Fsp3) is 0.125. The highest BCUT2D eigenvalue weighted by Crippen LogP contribution is 2.22. The average molecular weight is 265 g/mol. The molecule has 0 saturated carbocycles. The standard InChI is InChI=1S/C16H12FN3/c1-11-19-15-7-4-13(17)10-16(15)20(11)14-5-2-12(3-6-14)8-9-18/h2-7,10H,8H2,1H3. The second kappa shape index (κ2) is 4.78. The normalized spacial score (nSPS) is 10.7. The minimum atomic E-state index is -0.278. The van der Waals surface area contributed by atoms with E-state index in [1.54, 1.807) is 6.07 Å². The number of halogens is 1. The summed E-state index contributed by atoms with van der Waals surface area (Å²) in [6, 6.07) is 14.3. The summed E-state index contributed by atoms with van der Waals surface area (Å²) in [7, 11) is 0. The van der Waals surface area contributed by atoms with E-state index in [-0.39, 0.29) is 5.82 Å². The molecule has 0 aliphatic carbocycles. The van der Waals surface area contributed by atoms with Crippen LogP contribution in [0.4, 0.5) is 4.39 Å². The van der Waals surface area contributed by atoms with Crippen LogP contribution in [0.25, 0.3) is 16.7 Å². The number of hydrogen-bond acceptors (Lipinski definition) is 2. The molecule has 0 bridgehead atoms. The zero-order valence-corrected chi connectivity index (χ0v) is 11.0. The summed E-state index contributed by atoms with van der Waals surface area (Å²) >= 11 is 0. The van der Waals surface area contributed by atoms with Gasteiger partial charge in [-0.15, -0.1) is 0 Å². The third-order valence-corrected chi connectivity index (χ3v) is 3.26. The van der Waals surface area contributed by atoms with Crippen LogP contribution in [0.1, 0.15) is 11.4 Å². The van der Waals surface area contributed by atoms with Gasteiger partial charge in [-0.1, -0.05) is 12.1 Å². The molecule has 0 fully saturated rings. The van der Waals surface area contributed by atoms with E-state index < -0.39 is 0 Å². The van der Waals surface area contributed by atoms with Crippen LogP contribution < -0.4 is 0 Å². The summed E-state index contributed by atoms with van der Waals surface area (Å²) in [6.45, 7) is 1.89. The molecule has 1 heterocycles. The minimum absolute atomic E-state index is 0.278. The zero-order chi connectivity index (χ0) is 14.1. The van der Waals surface area contributed by atoms with Crippen molar-refractivity contribution >= 4 is 11.0 Å². The fourth-order valence-corrected chi connectivity index (χ4v) is 2.35. The van der Waals surface area contributed by atoms with Gasteiger partial charge in [-0.05, 0) is 36.8 Å². The topological polar surface area (TPSA) is 41.6 Å². The highest BCUT2D eigenvalue weighted by atomic mass is 19.1. The molecule has 0 aliphatic rings. The molecule has 3 aromatic rings. The Morgan fingerprint density at radius 2 is 1.95 bits per heavy atom. The molecule has 2 aromatic carbocycles. The molecular formula is C16H12FN3. The predicted octanol–water partition coefficient (Wildman–Crippen LogP) is 3.54. The predicted molar refractivity (Wildman–Crippen MR) is 75.1 cm³/mol. The Balaban J connectivity index is 2.16. The van der Waals surface area contributed by atoms with Gasteiger partial charge in [-0.3, -0.25) is 4.57 Å². The first kappa shape index (κ1) is 12.4. The summed E-state index contributed by atoms with van der Waals surface area (Å²) < 4.78 is 15.3. The molecule has 0 amide bonds. The fourth-order valence-electron chi connectivity index (χ4n) is 2.35. The van der Waals surface area contributed by atoms with Crippen molar-refractivity contribution in [1.82, 2.24) is 9.55 Å². The van der Waals surface area contributed by atoms with Crippen LogP contribution in [0, 0.1) is 24.1 Å². The van der Waals surface area contributed by atoms with Crippen LogP contribution in [-0.4, -0.2) is 9.55 Å². The number of imidazole rings is 1. The molecule has 1 aromatic heterocycles. The third kappa shape index (κ3) is 2.04. The van der Waals surface area contributed by atoms with E-state index in [2.05, 4.69) is 11.1 Å². The molecule has 0 N–H and O–H groups in total. The number of nitriles is 1. The highest BCUT2D eigenvalue weighted by molar-refractivity contribution is 5.78. The van der Waals surface area contributed by atoms with Crippen molar-refractivity contribution in [3.8, 4) is 11.8 Å². The molecule has 0 radical (unpaired) electrons. The van der Waals surface area contributed by atoms with Crippen molar-refractivity contribution in [2.75, 3.05) is 0 Å². The summed E-state index contributed by atoms with van der Waals surface area (Å²) in [5, 5.41) is 8.68. The maximum atomic E-state index is 13.4. The number of aromatic nitrogens is 2. The second-order valence-corrected chi connectivity index (χ2v) is 4.63. The van der Waals surface area contributed by atoms with E-state index in [0.29, 0.717) is 6.42 Å². The second-order valence-electron chi connectivity index (χ2n) is 4.63. The van der Waals surface area contributed by atoms with Gasteiger partial charge >= 0.3 is 0 Å². The lowest BCUT2D eigenvalue weighted by Crippen LogP contribution is -1.97. The Hall–Kier alpha value is -2.67. The van der Waals surface area contributed by atoms with Gasteiger partial charge in [0.05, 0.1) is 23.5 Å². The van der Waals surface area contributed by atoms with Crippen LogP contribution in [0.2, 0.25) is 0 Å². The Bertz CT molecular complexity index is 810. The first-order valence-corrected chi connectivity index (χ1v) is 6.30. The summed E-state index contributed by atoms with van der Waals surface area (Å²) in [4.78, 5) is 4.43. The summed E-state index contributed by atoms with van der Waals surface area (Å²) in [6.07, 6.45) is 0.387. The first-order chi connectivity index (χ1) is 9.69. The average Bonchev–Trinajstić information content (AvgIpc) is 2.76. The molecule has 0 atom stereocenters. The van der Waals surface area contributed by atoms with Crippen LogP contribution in [0.15, 0.2) is 42.5 Å². The molecule has 98 valence electrons. The number of hydrogen-bond donors (Lipinski definition) is 0. The molecule has 0 saturated heterocycles. The van der Waals surface area contributed by atoms with Crippen molar-refractivity contribution in [1.29, 1.82) is 5.26 Å². The molecule has 0 aliphatic heterocycles. The molecule has 4 heteroatoms. The van der Waals surface area contributed by atoms with Gasteiger partial charge in [0, 0.05) is 11.8 Å². The lowest BCUT2D eigenvalue weighted by Gasteiger charge is -2.07. The maximum Gasteiger partial charge on any atom is 0.125 e. The van der Waals surface area contributed by atoms with E-state index in [0.717, 1.165) is 28.1 Å². The van der Waals surface area contributed by atoms with Crippen LogP contribution in [0.3, 0.4) is 0 Å². The van der Waals surface area contributed by atoms with Gasteiger partial charge in [0.15, 0.2) is 0 Å². The van der Waals surface area contributed by atoms with Gasteiger partial charge in [0.1, 0.15) is 11.6 Å². The van der Waals surface area contributed by atoms with Gasteiger partial charge in [-0.2, -0.15) is 5.26 Å². The van der Waals surface area contributed by atoms with Crippen LogP contribution >= 0.6 is 0 Å². The largest absolute Gasteiger partial charge is 0.296 e. The quantitative estimate of drug-likeness (QED) is 0.711. The number of benzene rings is 2. The molecule has 3 nitrogen and oxygen atoms in total. The Labute approximate surface area is 115 Å². The zero-order valence-electron chi connectivity index (χ0n) is 11.0. The Morgan fingerprint density at radius 3 is 2.65 bits per heavy atom. The van der Waals surface area contributed by atoms with Gasteiger partial charge in [0.2, 0.25) is 0 Å². The van der Waals surface area contributed by atoms with Gasteiger partial charge < -0.3 is 0 Å². The Kier molecular flexibility index (Phi) is 2.96. The lowest BCUT2D eigenvalue weighted by molar-refractivity contribution is 0.629. The van der Waals surface area contributed by atoms with Crippen molar-refractivity contribution in [2.45, 2.75) is 13.3 Å². The third-order valence-electron chi connectivity index (χ3n) is 3.26. The number of aryl methyl sites for hydroxylation is 1. The van der Waals surface area contributed by atoms with Crippen molar-refractivity contribution in [2.24, 2.45) is 0 Å².